The molecule has 0 aliphatic carbocycles. The second-order valence-electron chi connectivity index (χ2n) is 6.85. The van der Waals surface area contributed by atoms with Crippen molar-refractivity contribution in [2.75, 3.05) is 23.7 Å². The van der Waals surface area contributed by atoms with E-state index in [2.05, 4.69) is 0 Å². The minimum Gasteiger partial charge on any atom is -0.334 e. The van der Waals surface area contributed by atoms with Crippen LogP contribution in [0, 0.1) is 6.92 Å². The van der Waals surface area contributed by atoms with Crippen molar-refractivity contribution in [1.29, 1.82) is 0 Å². The molecule has 2 aromatic carbocycles. The molecule has 0 aromatic heterocycles. The van der Waals surface area contributed by atoms with E-state index in [0.29, 0.717) is 17.3 Å². The third kappa shape index (κ3) is 4.45. The van der Waals surface area contributed by atoms with Gasteiger partial charge in [-0.25, -0.2) is 8.42 Å². The highest BCUT2D eigenvalue weighted by Crippen LogP contribution is 2.33. The van der Waals surface area contributed by atoms with Gasteiger partial charge in [-0.15, -0.1) is 0 Å². The predicted octanol–water partition coefficient (Wildman–Crippen LogP) is 3.78. The first-order chi connectivity index (χ1) is 12.8. The topological polar surface area (TPSA) is 57.7 Å². The van der Waals surface area contributed by atoms with Gasteiger partial charge in [0, 0.05) is 11.6 Å². The van der Waals surface area contributed by atoms with Gasteiger partial charge in [0.1, 0.15) is 6.54 Å². The molecule has 3 rings (SSSR count). The predicted molar refractivity (Wildman–Crippen MR) is 109 cm³/mol. The first-order valence-electron chi connectivity index (χ1n) is 8.85. The lowest BCUT2D eigenvalue weighted by Gasteiger charge is -2.29. The van der Waals surface area contributed by atoms with Gasteiger partial charge in [-0.05, 0) is 49.1 Å². The molecule has 1 aliphatic rings. The Bertz CT molecular complexity index is 928. The van der Waals surface area contributed by atoms with E-state index >= 15 is 0 Å². The number of para-hydroxylation sites is 1. The summed E-state index contributed by atoms with van der Waals surface area (Å²) in [6.07, 6.45) is 2.88. The van der Waals surface area contributed by atoms with Crippen LogP contribution in [0.15, 0.2) is 48.5 Å². The number of anilines is 1. The smallest absolute Gasteiger partial charge is 0.243 e. The normalized spacial score (nSPS) is 17.1. The van der Waals surface area contributed by atoms with Gasteiger partial charge in [-0.1, -0.05) is 41.9 Å². The zero-order chi connectivity index (χ0) is 19.6. The number of nitrogens with zero attached hydrogens (tertiary/aromatic N) is 2. The molecule has 2 aromatic rings. The van der Waals surface area contributed by atoms with Crippen LogP contribution in [0.25, 0.3) is 0 Å². The van der Waals surface area contributed by atoms with Crippen molar-refractivity contribution >= 4 is 33.2 Å². The highest BCUT2D eigenvalue weighted by atomic mass is 35.5. The van der Waals surface area contributed by atoms with E-state index in [1.165, 1.54) is 4.31 Å². The number of carbonyl (C=O) groups excluding carboxylic acids is 1. The molecular weight excluding hydrogens is 384 g/mol. The van der Waals surface area contributed by atoms with E-state index in [1.54, 1.807) is 17.0 Å². The molecule has 0 saturated carbocycles. The van der Waals surface area contributed by atoms with Crippen LogP contribution in [0.5, 0.6) is 0 Å². The number of rotatable bonds is 5. The van der Waals surface area contributed by atoms with Crippen LogP contribution in [-0.2, 0) is 14.8 Å². The van der Waals surface area contributed by atoms with Gasteiger partial charge in [0.2, 0.25) is 15.9 Å². The summed E-state index contributed by atoms with van der Waals surface area (Å²) < 4.78 is 25.9. The van der Waals surface area contributed by atoms with E-state index in [0.717, 1.165) is 30.2 Å². The summed E-state index contributed by atoms with van der Waals surface area (Å²) in [6.45, 7) is 2.26. The Morgan fingerprint density at radius 2 is 1.85 bits per heavy atom. The number of hydrogen-bond donors (Lipinski definition) is 0. The van der Waals surface area contributed by atoms with E-state index in [9.17, 15) is 13.2 Å². The van der Waals surface area contributed by atoms with Crippen LogP contribution in [0.2, 0.25) is 5.02 Å². The second-order valence-corrected chi connectivity index (χ2v) is 9.20. The Hall–Kier alpha value is -2.05. The fraction of sp³-hybridized carbons (Fsp3) is 0.350. The molecular formula is C20H23ClN2O3S. The van der Waals surface area contributed by atoms with Crippen LogP contribution in [-0.4, -0.2) is 38.6 Å². The van der Waals surface area contributed by atoms with Crippen molar-refractivity contribution < 1.29 is 13.2 Å². The van der Waals surface area contributed by atoms with Crippen LogP contribution in [0.3, 0.4) is 0 Å². The van der Waals surface area contributed by atoms with Crippen molar-refractivity contribution in [2.45, 2.75) is 25.8 Å². The first kappa shape index (κ1) is 19.7. The van der Waals surface area contributed by atoms with E-state index in [1.807, 2.05) is 43.3 Å². The highest BCUT2D eigenvalue weighted by molar-refractivity contribution is 7.92. The van der Waals surface area contributed by atoms with Crippen molar-refractivity contribution in [3.63, 3.8) is 0 Å². The number of sulfonamides is 1. The Morgan fingerprint density at radius 1 is 1.19 bits per heavy atom. The molecule has 1 unspecified atom stereocenters. The quantitative estimate of drug-likeness (QED) is 0.759. The lowest BCUT2D eigenvalue weighted by molar-refractivity contribution is -0.130. The molecule has 1 heterocycles. The molecule has 0 radical (unpaired) electrons. The molecule has 1 fully saturated rings. The SMILES string of the molecule is Cc1ccccc1N(CC(=O)N1CCCC1c1ccc(Cl)cc1)S(C)(=O)=O. The summed E-state index contributed by atoms with van der Waals surface area (Å²) in [5.41, 5.74) is 2.37. The van der Waals surface area contributed by atoms with Gasteiger partial charge in [0.25, 0.3) is 0 Å². The molecule has 1 saturated heterocycles. The molecule has 0 spiro atoms. The van der Waals surface area contributed by atoms with Crippen molar-refractivity contribution in [3.05, 3.63) is 64.7 Å². The maximum Gasteiger partial charge on any atom is 0.243 e. The zero-order valence-electron chi connectivity index (χ0n) is 15.4. The van der Waals surface area contributed by atoms with Gasteiger partial charge in [0.15, 0.2) is 0 Å². The summed E-state index contributed by atoms with van der Waals surface area (Å²) in [5.74, 6) is -0.193. The minimum absolute atomic E-state index is 0.0481. The Balaban J connectivity index is 1.85. The van der Waals surface area contributed by atoms with Gasteiger partial charge in [-0.2, -0.15) is 0 Å². The lowest BCUT2D eigenvalue weighted by Crippen LogP contribution is -2.42. The Labute approximate surface area is 165 Å². The van der Waals surface area contributed by atoms with Crippen LogP contribution in [0.1, 0.15) is 30.0 Å². The van der Waals surface area contributed by atoms with Crippen LogP contribution < -0.4 is 4.31 Å². The van der Waals surface area contributed by atoms with E-state index in [4.69, 9.17) is 11.6 Å². The van der Waals surface area contributed by atoms with Crippen molar-refractivity contribution in [1.82, 2.24) is 4.90 Å². The zero-order valence-corrected chi connectivity index (χ0v) is 17.0. The van der Waals surface area contributed by atoms with E-state index < -0.39 is 10.0 Å². The van der Waals surface area contributed by atoms with E-state index in [-0.39, 0.29) is 18.5 Å². The Morgan fingerprint density at radius 3 is 2.48 bits per heavy atom. The maximum atomic E-state index is 13.0. The number of hydrogen-bond acceptors (Lipinski definition) is 3. The number of amides is 1. The maximum absolute atomic E-state index is 13.0. The fourth-order valence-corrected chi connectivity index (χ4v) is 4.57. The van der Waals surface area contributed by atoms with Gasteiger partial charge in [-0.3, -0.25) is 9.10 Å². The second kappa shape index (κ2) is 7.90. The van der Waals surface area contributed by atoms with Crippen LogP contribution in [0.4, 0.5) is 5.69 Å². The summed E-state index contributed by atoms with van der Waals surface area (Å²) in [5, 5.41) is 0.650. The average Bonchev–Trinajstić information content (AvgIpc) is 3.10. The number of carbonyl (C=O) groups is 1. The number of benzene rings is 2. The monoisotopic (exact) mass is 406 g/mol. The summed E-state index contributed by atoms with van der Waals surface area (Å²) in [4.78, 5) is 14.8. The van der Waals surface area contributed by atoms with Gasteiger partial charge in [0.05, 0.1) is 18.0 Å². The summed E-state index contributed by atoms with van der Waals surface area (Å²) in [6, 6.07) is 14.6. The molecule has 1 amide bonds. The first-order valence-corrected chi connectivity index (χ1v) is 11.1. The molecule has 27 heavy (non-hydrogen) atoms. The molecule has 0 bridgehead atoms. The van der Waals surface area contributed by atoms with Gasteiger partial charge >= 0.3 is 0 Å². The number of aryl methyl sites for hydroxylation is 1. The fourth-order valence-electron chi connectivity index (χ4n) is 3.53. The highest BCUT2D eigenvalue weighted by Gasteiger charge is 2.32. The Kier molecular flexibility index (Phi) is 5.77. The lowest BCUT2D eigenvalue weighted by atomic mass is 10.0. The molecule has 1 atom stereocenters. The molecule has 7 heteroatoms. The molecule has 0 N–H and O–H groups in total. The molecule has 1 aliphatic heterocycles. The molecule has 5 nitrogen and oxygen atoms in total. The third-order valence-electron chi connectivity index (χ3n) is 4.89. The summed E-state index contributed by atoms with van der Waals surface area (Å²) >= 11 is 5.97. The van der Waals surface area contributed by atoms with Crippen molar-refractivity contribution in [3.8, 4) is 0 Å². The van der Waals surface area contributed by atoms with Gasteiger partial charge < -0.3 is 4.90 Å². The van der Waals surface area contributed by atoms with Crippen molar-refractivity contribution in [2.24, 2.45) is 0 Å². The largest absolute Gasteiger partial charge is 0.334 e. The van der Waals surface area contributed by atoms with Crippen LogP contribution >= 0.6 is 11.6 Å². The third-order valence-corrected chi connectivity index (χ3v) is 6.27. The standard InChI is InChI=1S/C20H23ClN2O3S/c1-15-6-3-4-7-18(15)23(27(2,25)26)14-20(24)22-13-5-8-19(22)16-9-11-17(21)12-10-16/h3-4,6-7,9-12,19H,5,8,13-14H2,1-2H3. The summed E-state index contributed by atoms with van der Waals surface area (Å²) in [7, 11) is -3.58. The average molecular weight is 407 g/mol. The minimum atomic E-state index is -3.58. The number of halogens is 1. The number of likely N-dealkylation sites (tertiary alicyclic amines) is 1. The molecule has 144 valence electrons.